The molecule has 1 fully saturated rings. The fourth-order valence-electron chi connectivity index (χ4n) is 4.34. The number of nitrogens with one attached hydrogen (secondary N) is 1. The molecule has 2 aromatic carbocycles. The first-order chi connectivity index (χ1) is 16.3. The molecule has 0 radical (unpaired) electrons. The third kappa shape index (κ3) is 5.06. The smallest absolute Gasteiger partial charge is 0.251 e. The van der Waals surface area contributed by atoms with Gasteiger partial charge in [0.05, 0.1) is 24.7 Å². The Morgan fingerprint density at radius 2 is 1.91 bits per heavy atom. The molecular weight excluding hydrogens is 456 g/mol. The van der Waals surface area contributed by atoms with Crippen LogP contribution in [0, 0.1) is 0 Å². The van der Waals surface area contributed by atoms with Crippen LogP contribution in [0.2, 0.25) is 0 Å². The van der Waals surface area contributed by atoms with Crippen molar-refractivity contribution in [1.29, 1.82) is 0 Å². The summed E-state index contributed by atoms with van der Waals surface area (Å²) in [6, 6.07) is 8.77. The van der Waals surface area contributed by atoms with Crippen LogP contribution < -0.4 is 14.8 Å². The average molecular weight is 489 g/mol. The summed E-state index contributed by atoms with van der Waals surface area (Å²) in [5.74, 6) is 1.18. The van der Waals surface area contributed by atoms with Gasteiger partial charge in [0.1, 0.15) is 17.6 Å². The quantitative estimate of drug-likeness (QED) is 0.614. The maximum atomic E-state index is 13.3. The Kier molecular flexibility index (Phi) is 7.45. The fraction of sp³-hybridized carbons (Fsp3) is 0.480. The normalized spacial score (nSPS) is 18.3. The van der Waals surface area contributed by atoms with Crippen molar-refractivity contribution in [3.05, 3.63) is 52.6 Å². The van der Waals surface area contributed by atoms with E-state index in [9.17, 15) is 13.2 Å². The Morgan fingerprint density at radius 1 is 1.15 bits per heavy atom. The summed E-state index contributed by atoms with van der Waals surface area (Å²) in [6.07, 6.45) is 1.48. The number of hydrogen-bond donors (Lipinski definition) is 1. The predicted molar refractivity (Wildman–Crippen MR) is 128 cm³/mol. The summed E-state index contributed by atoms with van der Waals surface area (Å²) in [4.78, 5) is 13.2. The Labute approximate surface area is 201 Å². The molecule has 1 unspecified atom stereocenters. The highest BCUT2D eigenvalue weighted by Crippen LogP contribution is 2.35. The third-order valence-corrected chi connectivity index (χ3v) is 8.10. The monoisotopic (exact) mass is 488 g/mol. The van der Waals surface area contributed by atoms with Gasteiger partial charge in [-0.3, -0.25) is 4.79 Å². The van der Waals surface area contributed by atoms with Gasteiger partial charge in [0, 0.05) is 42.7 Å². The lowest BCUT2D eigenvalue weighted by molar-refractivity contribution is 0.0730. The molecule has 0 saturated carbocycles. The molecule has 1 N–H and O–H groups in total. The van der Waals surface area contributed by atoms with Gasteiger partial charge >= 0.3 is 0 Å². The van der Waals surface area contributed by atoms with E-state index >= 15 is 0 Å². The highest BCUT2D eigenvalue weighted by atomic mass is 32.2. The number of hydrogen-bond acceptors (Lipinski definition) is 6. The number of nitrogens with zero attached hydrogens (tertiary/aromatic N) is 1. The lowest BCUT2D eigenvalue weighted by Gasteiger charge is -2.27. The van der Waals surface area contributed by atoms with Gasteiger partial charge in [0.15, 0.2) is 0 Å². The molecule has 0 spiro atoms. The number of aryl methyl sites for hydroxylation is 1. The number of benzene rings is 2. The minimum absolute atomic E-state index is 0.109. The minimum atomic E-state index is -3.72. The number of rotatable bonds is 8. The van der Waals surface area contributed by atoms with Crippen molar-refractivity contribution < 1.29 is 27.4 Å². The average Bonchev–Trinajstić information content (AvgIpc) is 3.21. The zero-order chi connectivity index (χ0) is 24.3. The van der Waals surface area contributed by atoms with Crippen molar-refractivity contribution in [3.63, 3.8) is 0 Å². The summed E-state index contributed by atoms with van der Waals surface area (Å²) in [5, 5.41) is 2.91. The van der Waals surface area contributed by atoms with Gasteiger partial charge < -0.3 is 19.5 Å². The number of fused-ring (bicyclic) bond motifs is 1. The molecule has 2 heterocycles. The van der Waals surface area contributed by atoms with Crippen LogP contribution in [0.4, 0.5) is 0 Å². The molecular formula is C25H32N2O6S. The van der Waals surface area contributed by atoms with E-state index in [4.69, 9.17) is 14.2 Å². The molecule has 4 rings (SSSR count). The topological polar surface area (TPSA) is 94.2 Å². The van der Waals surface area contributed by atoms with Gasteiger partial charge in [-0.1, -0.05) is 13.0 Å². The fourth-order valence-corrected chi connectivity index (χ4v) is 6.07. The van der Waals surface area contributed by atoms with Crippen molar-refractivity contribution in [2.45, 2.75) is 51.2 Å². The molecule has 1 atom stereocenters. The Balaban J connectivity index is 1.55. The van der Waals surface area contributed by atoms with Gasteiger partial charge in [-0.25, -0.2) is 8.42 Å². The Morgan fingerprint density at radius 3 is 2.62 bits per heavy atom. The molecule has 2 aliphatic heterocycles. The summed E-state index contributed by atoms with van der Waals surface area (Å²) in [7, 11) is -3.72. The maximum Gasteiger partial charge on any atom is 0.251 e. The van der Waals surface area contributed by atoms with Crippen LogP contribution in [0.25, 0.3) is 0 Å². The van der Waals surface area contributed by atoms with Crippen LogP contribution in [-0.2, 0) is 34.1 Å². The largest absolute Gasteiger partial charge is 0.494 e. The second kappa shape index (κ2) is 10.3. The van der Waals surface area contributed by atoms with E-state index in [0.717, 1.165) is 29.0 Å². The van der Waals surface area contributed by atoms with E-state index in [2.05, 4.69) is 5.32 Å². The molecule has 2 aromatic rings. The van der Waals surface area contributed by atoms with E-state index in [1.165, 1.54) is 10.4 Å². The van der Waals surface area contributed by atoms with E-state index in [1.54, 1.807) is 12.1 Å². The maximum absolute atomic E-state index is 13.3. The molecule has 1 saturated heterocycles. The van der Waals surface area contributed by atoms with Crippen molar-refractivity contribution in [3.8, 4) is 11.5 Å². The first kappa shape index (κ1) is 24.5. The Bertz CT molecular complexity index is 1160. The highest BCUT2D eigenvalue weighted by molar-refractivity contribution is 7.89. The zero-order valence-corrected chi connectivity index (χ0v) is 20.7. The molecule has 2 aliphatic rings. The van der Waals surface area contributed by atoms with Gasteiger partial charge in [-0.2, -0.15) is 4.31 Å². The van der Waals surface area contributed by atoms with E-state index < -0.39 is 10.0 Å². The third-order valence-electron chi connectivity index (χ3n) is 6.12. The van der Waals surface area contributed by atoms with Crippen molar-refractivity contribution in [1.82, 2.24) is 9.62 Å². The van der Waals surface area contributed by atoms with E-state index in [-0.39, 0.29) is 23.5 Å². The molecule has 9 heteroatoms. The van der Waals surface area contributed by atoms with Gasteiger partial charge in [-0.15, -0.1) is 0 Å². The molecule has 184 valence electrons. The summed E-state index contributed by atoms with van der Waals surface area (Å²) < 4.78 is 44.9. The summed E-state index contributed by atoms with van der Waals surface area (Å²) in [6.45, 7) is 7.93. The molecule has 0 bridgehead atoms. The number of ether oxygens (including phenoxy) is 3. The first-order valence-electron chi connectivity index (χ1n) is 11.8. The predicted octanol–water partition coefficient (Wildman–Crippen LogP) is 2.92. The molecule has 0 aromatic heterocycles. The van der Waals surface area contributed by atoms with Gasteiger partial charge in [0.25, 0.3) is 5.91 Å². The van der Waals surface area contributed by atoms with Crippen LogP contribution in [0.1, 0.15) is 47.8 Å². The van der Waals surface area contributed by atoms with Crippen LogP contribution in [0.15, 0.2) is 35.2 Å². The van der Waals surface area contributed by atoms with Crippen molar-refractivity contribution >= 4 is 15.9 Å². The van der Waals surface area contributed by atoms with Crippen molar-refractivity contribution in [2.24, 2.45) is 0 Å². The van der Waals surface area contributed by atoms with E-state index in [0.29, 0.717) is 50.5 Å². The second-order valence-electron chi connectivity index (χ2n) is 8.51. The molecule has 8 nitrogen and oxygen atoms in total. The molecule has 34 heavy (non-hydrogen) atoms. The first-order valence-corrected chi connectivity index (χ1v) is 13.2. The Hall–Kier alpha value is -2.62. The van der Waals surface area contributed by atoms with Gasteiger partial charge in [0.2, 0.25) is 10.0 Å². The highest BCUT2D eigenvalue weighted by Gasteiger charge is 2.29. The standard InChI is InChI=1S/C25H32N2O6S/c1-4-18-6-7-19(15-24(18)34(29,30)27-8-10-31-11-9-27)25(28)26-16-21-14-23-20(12-17(3)33-23)13-22(21)32-5-2/h6-7,13-15,17H,4-5,8-12,16H2,1-3H3,(H,26,28). The number of morpholine rings is 1. The van der Waals surface area contributed by atoms with Crippen LogP contribution in [0.3, 0.4) is 0 Å². The molecule has 0 aliphatic carbocycles. The summed E-state index contributed by atoms with van der Waals surface area (Å²) in [5.41, 5.74) is 2.90. The number of carbonyl (C=O) groups is 1. The number of amides is 1. The van der Waals surface area contributed by atoms with Crippen LogP contribution in [0.5, 0.6) is 11.5 Å². The van der Waals surface area contributed by atoms with Crippen LogP contribution in [-0.4, -0.2) is 57.6 Å². The van der Waals surface area contributed by atoms with Crippen LogP contribution >= 0.6 is 0 Å². The van der Waals surface area contributed by atoms with E-state index in [1.807, 2.05) is 32.9 Å². The number of sulfonamides is 1. The SMILES string of the molecule is CCOc1cc2c(cc1CNC(=O)c1ccc(CC)c(S(=O)(=O)N3CCOCC3)c1)OC(C)C2. The zero-order valence-electron chi connectivity index (χ0n) is 19.9. The summed E-state index contributed by atoms with van der Waals surface area (Å²) >= 11 is 0. The molecule has 1 amide bonds. The van der Waals surface area contributed by atoms with Crippen molar-refractivity contribution in [2.75, 3.05) is 32.9 Å². The lowest BCUT2D eigenvalue weighted by atomic mass is 10.1. The minimum Gasteiger partial charge on any atom is -0.494 e. The lowest BCUT2D eigenvalue weighted by Crippen LogP contribution is -2.41. The van der Waals surface area contributed by atoms with Gasteiger partial charge in [-0.05, 0) is 50.1 Å². The number of carbonyl (C=O) groups excluding carboxylic acids is 1. The second-order valence-corrected chi connectivity index (χ2v) is 10.4.